The van der Waals surface area contributed by atoms with Gasteiger partial charge in [0, 0.05) is 6.42 Å². The number of aromatic nitrogens is 2. The molecule has 1 aromatic heterocycles. The summed E-state index contributed by atoms with van der Waals surface area (Å²) >= 11 is 0. The second-order valence-electron chi connectivity index (χ2n) is 6.23. The predicted octanol–water partition coefficient (Wildman–Crippen LogP) is 3.92. The molecule has 3 aromatic rings. The molecule has 2 aromatic carbocycles. The predicted molar refractivity (Wildman–Crippen MR) is 86.3 cm³/mol. The number of rotatable bonds is 1. The quantitative estimate of drug-likeness (QED) is 0.727. The van der Waals surface area contributed by atoms with Gasteiger partial charge in [0.2, 0.25) is 0 Å². The minimum absolute atomic E-state index is 0.00254. The van der Waals surface area contributed by atoms with Crippen LogP contribution in [0.25, 0.3) is 11.0 Å². The number of halogens is 3. The molecule has 0 aliphatic carbocycles. The maximum absolute atomic E-state index is 14.1. The number of hydrogen-bond acceptors (Lipinski definition) is 2. The molecule has 1 amide bonds. The molecule has 2 heterocycles. The minimum Gasteiger partial charge on any atom is -0.319 e. The maximum Gasteiger partial charge on any atom is 0.416 e. The van der Waals surface area contributed by atoms with Crippen LogP contribution in [0.3, 0.4) is 0 Å². The van der Waals surface area contributed by atoms with Crippen molar-refractivity contribution >= 4 is 17.1 Å². The number of carbonyl (C=O) groups excluding carboxylic acids is 1. The van der Waals surface area contributed by atoms with Gasteiger partial charge in [-0.05, 0) is 24.6 Å². The van der Waals surface area contributed by atoms with E-state index in [9.17, 15) is 18.0 Å². The summed E-state index contributed by atoms with van der Waals surface area (Å²) in [5.41, 5.74) is -0.660. The highest BCUT2D eigenvalue weighted by Gasteiger charge is 2.59. The Labute approximate surface area is 141 Å². The lowest BCUT2D eigenvalue weighted by atomic mass is 9.84. The Bertz CT molecular complexity index is 975. The molecule has 1 aliphatic rings. The summed E-state index contributed by atoms with van der Waals surface area (Å²) in [7, 11) is 0. The van der Waals surface area contributed by atoms with Crippen molar-refractivity contribution in [3.05, 3.63) is 65.5 Å². The highest BCUT2D eigenvalue weighted by molar-refractivity contribution is 5.91. The molecule has 1 aliphatic heterocycles. The zero-order valence-corrected chi connectivity index (χ0v) is 13.3. The van der Waals surface area contributed by atoms with Crippen LogP contribution in [0, 0.1) is 6.92 Å². The topological polar surface area (TPSA) is 46.9 Å². The van der Waals surface area contributed by atoms with E-state index in [1.807, 2.05) is 0 Å². The van der Waals surface area contributed by atoms with Crippen molar-refractivity contribution in [1.29, 1.82) is 0 Å². The van der Waals surface area contributed by atoms with Crippen LogP contribution in [0.15, 0.2) is 48.5 Å². The first-order valence-electron chi connectivity index (χ1n) is 7.74. The van der Waals surface area contributed by atoms with Crippen LogP contribution in [0.5, 0.6) is 0 Å². The highest BCUT2D eigenvalue weighted by Crippen LogP contribution is 2.43. The normalized spacial score (nSPS) is 20.4. The summed E-state index contributed by atoms with van der Waals surface area (Å²) in [5, 5.41) is 2.20. The van der Waals surface area contributed by atoms with Crippen molar-refractivity contribution in [3.8, 4) is 0 Å². The molecule has 0 saturated heterocycles. The fourth-order valence-corrected chi connectivity index (χ4v) is 3.29. The third kappa shape index (κ3) is 2.22. The molecule has 128 valence electrons. The van der Waals surface area contributed by atoms with E-state index in [0.717, 1.165) is 5.56 Å². The maximum atomic E-state index is 14.1. The van der Waals surface area contributed by atoms with Crippen LogP contribution in [-0.4, -0.2) is 21.8 Å². The number of amides is 1. The van der Waals surface area contributed by atoms with Crippen LogP contribution in [0.4, 0.5) is 18.0 Å². The SMILES string of the molecule is Cc1ccc([C@]2(C(F)(F)F)Cc3nc4ccccc4n3C(=O)N2)cc1. The zero-order valence-electron chi connectivity index (χ0n) is 13.3. The van der Waals surface area contributed by atoms with Gasteiger partial charge >= 0.3 is 12.2 Å². The summed E-state index contributed by atoms with van der Waals surface area (Å²) in [4.78, 5) is 16.8. The third-order valence-corrected chi connectivity index (χ3v) is 4.61. The molecule has 0 spiro atoms. The molecule has 25 heavy (non-hydrogen) atoms. The van der Waals surface area contributed by atoms with Crippen LogP contribution in [0.1, 0.15) is 17.0 Å². The van der Waals surface area contributed by atoms with E-state index >= 15 is 0 Å². The largest absolute Gasteiger partial charge is 0.416 e. The Morgan fingerprint density at radius 1 is 1.12 bits per heavy atom. The van der Waals surface area contributed by atoms with E-state index in [4.69, 9.17) is 0 Å². The molecule has 1 atom stereocenters. The van der Waals surface area contributed by atoms with Gasteiger partial charge in [0.1, 0.15) is 5.82 Å². The smallest absolute Gasteiger partial charge is 0.319 e. The van der Waals surface area contributed by atoms with Crippen LogP contribution < -0.4 is 5.32 Å². The number of carbonyl (C=O) groups is 1. The zero-order chi connectivity index (χ0) is 17.8. The van der Waals surface area contributed by atoms with Gasteiger partial charge in [-0.15, -0.1) is 0 Å². The lowest BCUT2D eigenvalue weighted by Crippen LogP contribution is -2.61. The molecule has 0 bridgehead atoms. The number of nitrogens with one attached hydrogen (secondary N) is 1. The van der Waals surface area contributed by atoms with E-state index in [2.05, 4.69) is 10.3 Å². The molecule has 0 saturated carbocycles. The Balaban J connectivity index is 1.93. The molecule has 0 radical (unpaired) electrons. The fourth-order valence-electron chi connectivity index (χ4n) is 3.29. The first kappa shape index (κ1) is 15.7. The Morgan fingerprint density at radius 2 is 1.80 bits per heavy atom. The van der Waals surface area contributed by atoms with Gasteiger partial charge < -0.3 is 5.32 Å². The number of para-hydroxylation sites is 2. The number of nitrogens with zero attached hydrogens (tertiary/aromatic N) is 2. The minimum atomic E-state index is -4.67. The van der Waals surface area contributed by atoms with Crippen LogP contribution >= 0.6 is 0 Å². The van der Waals surface area contributed by atoms with Crippen LogP contribution in [-0.2, 0) is 12.0 Å². The number of hydrogen-bond donors (Lipinski definition) is 1. The molecule has 4 rings (SSSR count). The van der Waals surface area contributed by atoms with E-state index in [1.165, 1.54) is 16.7 Å². The van der Waals surface area contributed by atoms with Crippen molar-refractivity contribution in [2.45, 2.75) is 25.1 Å². The van der Waals surface area contributed by atoms with Crippen LogP contribution in [0.2, 0.25) is 0 Å². The van der Waals surface area contributed by atoms with Gasteiger partial charge in [-0.25, -0.2) is 14.3 Å². The number of benzene rings is 2. The van der Waals surface area contributed by atoms with Gasteiger partial charge in [-0.1, -0.05) is 42.0 Å². The Hall–Kier alpha value is -2.83. The summed E-state index contributed by atoms with van der Waals surface area (Å²) in [6, 6.07) is 12.0. The second-order valence-corrected chi connectivity index (χ2v) is 6.23. The average molecular weight is 345 g/mol. The standard InChI is InChI=1S/C18H14F3N3O/c1-11-6-8-12(9-7-11)17(18(19,20)21)10-15-22-13-4-2-3-5-14(13)24(15)16(25)23-17/h2-9H,10H2,1H3,(H,23,25)/t17-/m0/s1. The lowest BCUT2D eigenvalue weighted by molar-refractivity contribution is -0.199. The summed E-state index contributed by atoms with van der Waals surface area (Å²) in [6.07, 6.45) is -5.12. The molecular formula is C18H14F3N3O. The highest BCUT2D eigenvalue weighted by atomic mass is 19.4. The number of imidazole rings is 1. The van der Waals surface area contributed by atoms with Gasteiger partial charge in [0.15, 0.2) is 5.54 Å². The van der Waals surface area contributed by atoms with E-state index in [1.54, 1.807) is 43.3 Å². The fraction of sp³-hybridized carbons (Fsp3) is 0.222. The van der Waals surface area contributed by atoms with E-state index < -0.39 is 24.2 Å². The molecule has 0 unspecified atom stereocenters. The first-order chi connectivity index (χ1) is 11.8. The monoisotopic (exact) mass is 345 g/mol. The van der Waals surface area contributed by atoms with Gasteiger partial charge in [-0.2, -0.15) is 13.2 Å². The van der Waals surface area contributed by atoms with Crippen molar-refractivity contribution in [2.75, 3.05) is 0 Å². The van der Waals surface area contributed by atoms with E-state index in [-0.39, 0.29) is 11.4 Å². The first-order valence-corrected chi connectivity index (χ1v) is 7.74. The third-order valence-electron chi connectivity index (χ3n) is 4.61. The van der Waals surface area contributed by atoms with Gasteiger partial charge in [0.25, 0.3) is 0 Å². The molecule has 1 N–H and O–H groups in total. The average Bonchev–Trinajstić information content (AvgIpc) is 2.92. The summed E-state index contributed by atoms with van der Waals surface area (Å²) < 4.78 is 43.4. The van der Waals surface area contributed by atoms with Gasteiger partial charge in [-0.3, -0.25) is 0 Å². The van der Waals surface area contributed by atoms with Crippen molar-refractivity contribution in [1.82, 2.24) is 14.9 Å². The van der Waals surface area contributed by atoms with Crippen molar-refractivity contribution in [2.24, 2.45) is 0 Å². The molecular weight excluding hydrogens is 331 g/mol. The Morgan fingerprint density at radius 3 is 2.48 bits per heavy atom. The number of alkyl halides is 3. The second kappa shape index (κ2) is 5.08. The van der Waals surface area contributed by atoms with Gasteiger partial charge in [0.05, 0.1) is 11.0 Å². The van der Waals surface area contributed by atoms with E-state index in [0.29, 0.717) is 11.0 Å². The lowest BCUT2D eigenvalue weighted by Gasteiger charge is -2.39. The summed E-state index contributed by atoms with van der Waals surface area (Å²) in [6.45, 7) is 1.79. The number of fused-ring (bicyclic) bond motifs is 3. The molecule has 0 fully saturated rings. The molecule has 4 nitrogen and oxygen atoms in total. The summed E-state index contributed by atoms with van der Waals surface area (Å²) in [5.74, 6) is 0.0999. The Kier molecular flexibility index (Phi) is 3.19. The van der Waals surface area contributed by atoms with Crippen molar-refractivity contribution < 1.29 is 18.0 Å². The van der Waals surface area contributed by atoms with Crippen molar-refractivity contribution in [3.63, 3.8) is 0 Å². The number of aryl methyl sites for hydroxylation is 1. The molecule has 7 heteroatoms.